The maximum atomic E-state index is 3.44. The summed E-state index contributed by atoms with van der Waals surface area (Å²) in [6.07, 6.45) is 8.35. The third kappa shape index (κ3) is 8.06. The van der Waals surface area contributed by atoms with Crippen molar-refractivity contribution >= 4 is 0 Å². The summed E-state index contributed by atoms with van der Waals surface area (Å²) >= 11 is 0. The van der Waals surface area contributed by atoms with Gasteiger partial charge < -0.3 is 5.32 Å². The Labute approximate surface area is 77.9 Å². The Morgan fingerprint density at radius 1 is 1.00 bits per heavy atom. The molecule has 0 aliphatic heterocycles. The molecule has 0 aromatic heterocycles. The molecule has 0 radical (unpaired) electrons. The molecule has 0 heterocycles. The second-order valence-electron chi connectivity index (χ2n) is 3.66. The molecule has 12 heavy (non-hydrogen) atoms. The van der Waals surface area contributed by atoms with Crippen molar-refractivity contribution in [2.45, 2.75) is 65.3 Å². The van der Waals surface area contributed by atoms with Crippen LogP contribution >= 0.6 is 0 Å². The topological polar surface area (TPSA) is 12.0 Å². The van der Waals surface area contributed by atoms with Crippen molar-refractivity contribution in [2.24, 2.45) is 0 Å². The Hall–Kier alpha value is -0.0400. The molecule has 1 heteroatoms. The van der Waals surface area contributed by atoms with Crippen LogP contribution < -0.4 is 5.32 Å². The van der Waals surface area contributed by atoms with E-state index >= 15 is 0 Å². The molecular weight excluding hydrogens is 146 g/mol. The van der Waals surface area contributed by atoms with Gasteiger partial charge in [0.1, 0.15) is 0 Å². The van der Waals surface area contributed by atoms with Crippen LogP contribution in [0.5, 0.6) is 0 Å². The van der Waals surface area contributed by atoms with Crippen LogP contribution in [0.25, 0.3) is 0 Å². The maximum Gasteiger partial charge on any atom is 0.00386 e. The first kappa shape index (κ1) is 12.0. The van der Waals surface area contributed by atoms with Crippen LogP contribution in [0.15, 0.2) is 0 Å². The van der Waals surface area contributed by atoms with Gasteiger partial charge in [0.05, 0.1) is 0 Å². The standard InChI is InChI=1S/C11H25N/c1-4-6-7-8-9-10-11(3)12-5-2/h11-12H,4-10H2,1-3H3. The lowest BCUT2D eigenvalue weighted by Gasteiger charge is -2.11. The van der Waals surface area contributed by atoms with Gasteiger partial charge in [-0.1, -0.05) is 46.0 Å². The zero-order valence-corrected chi connectivity index (χ0v) is 9.03. The van der Waals surface area contributed by atoms with Gasteiger partial charge in [-0.3, -0.25) is 0 Å². The van der Waals surface area contributed by atoms with Crippen molar-refractivity contribution in [3.63, 3.8) is 0 Å². The van der Waals surface area contributed by atoms with Crippen molar-refractivity contribution in [3.8, 4) is 0 Å². The quantitative estimate of drug-likeness (QED) is 0.552. The van der Waals surface area contributed by atoms with Gasteiger partial charge in [0.2, 0.25) is 0 Å². The van der Waals surface area contributed by atoms with Crippen molar-refractivity contribution < 1.29 is 0 Å². The Morgan fingerprint density at radius 3 is 2.25 bits per heavy atom. The molecule has 0 rings (SSSR count). The van der Waals surface area contributed by atoms with Crippen LogP contribution in [0.3, 0.4) is 0 Å². The molecular formula is C11H25N. The summed E-state index contributed by atoms with van der Waals surface area (Å²) in [6, 6.07) is 0.719. The fourth-order valence-electron chi connectivity index (χ4n) is 1.50. The molecule has 0 aliphatic carbocycles. The Kier molecular flexibility index (Phi) is 9.02. The predicted octanol–water partition coefficient (Wildman–Crippen LogP) is 3.34. The summed E-state index contributed by atoms with van der Waals surface area (Å²) in [7, 11) is 0. The minimum atomic E-state index is 0.719. The van der Waals surface area contributed by atoms with Crippen LogP contribution in [0.1, 0.15) is 59.3 Å². The average molecular weight is 171 g/mol. The summed E-state index contributed by atoms with van der Waals surface area (Å²) in [4.78, 5) is 0. The van der Waals surface area contributed by atoms with E-state index in [4.69, 9.17) is 0 Å². The zero-order chi connectivity index (χ0) is 9.23. The summed E-state index contributed by atoms with van der Waals surface area (Å²) in [6.45, 7) is 7.83. The van der Waals surface area contributed by atoms with Crippen LogP contribution in [-0.2, 0) is 0 Å². The van der Waals surface area contributed by atoms with Gasteiger partial charge in [-0.25, -0.2) is 0 Å². The summed E-state index contributed by atoms with van der Waals surface area (Å²) < 4.78 is 0. The number of hydrogen-bond acceptors (Lipinski definition) is 1. The van der Waals surface area contributed by atoms with Crippen molar-refractivity contribution in [1.82, 2.24) is 5.32 Å². The summed E-state index contributed by atoms with van der Waals surface area (Å²) in [5, 5.41) is 3.44. The van der Waals surface area contributed by atoms with Gasteiger partial charge in [-0.2, -0.15) is 0 Å². The predicted molar refractivity (Wildman–Crippen MR) is 56.5 cm³/mol. The first-order valence-electron chi connectivity index (χ1n) is 5.54. The van der Waals surface area contributed by atoms with Gasteiger partial charge in [0, 0.05) is 6.04 Å². The molecule has 0 saturated carbocycles. The Balaban J connectivity index is 2.97. The second kappa shape index (κ2) is 9.05. The second-order valence-corrected chi connectivity index (χ2v) is 3.66. The molecule has 74 valence electrons. The Bertz CT molecular complexity index is 81.1. The first-order chi connectivity index (χ1) is 5.81. The molecule has 0 bridgehead atoms. The molecule has 0 spiro atoms. The van der Waals surface area contributed by atoms with Crippen LogP contribution in [0.2, 0.25) is 0 Å². The van der Waals surface area contributed by atoms with Gasteiger partial charge in [0.15, 0.2) is 0 Å². The monoisotopic (exact) mass is 171 g/mol. The minimum absolute atomic E-state index is 0.719. The van der Waals surface area contributed by atoms with E-state index in [1.54, 1.807) is 0 Å². The van der Waals surface area contributed by atoms with E-state index in [9.17, 15) is 0 Å². The summed E-state index contributed by atoms with van der Waals surface area (Å²) in [5.74, 6) is 0. The molecule has 0 saturated heterocycles. The third-order valence-electron chi connectivity index (χ3n) is 2.29. The SMILES string of the molecule is CCCCCCCC(C)NCC. The molecule has 1 nitrogen and oxygen atoms in total. The fraction of sp³-hybridized carbons (Fsp3) is 1.00. The molecule has 0 fully saturated rings. The largest absolute Gasteiger partial charge is 0.315 e. The smallest absolute Gasteiger partial charge is 0.00386 e. The zero-order valence-electron chi connectivity index (χ0n) is 9.03. The van der Waals surface area contributed by atoms with E-state index in [1.807, 2.05) is 0 Å². The highest BCUT2D eigenvalue weighted by Gasteiger charge is 1.97. The van der Waals surface area contributed by atoms with Crippen LogP contribution in [0, 0.1) is 0 Å². The van der Waals surface area contributed by atoms with E-state index in [0.717, 1.165) is 12.6 Å². The molecule has 0 aliphatic rings. The fourth-order valence-corrected chi connectivity index (χ4v) is 1.50. The van der Waals surface area contributed by atoms with Gasteiger partial charge in [-0.15, -0.1) is 0 Å². The molecule has 1 atom stereocenters. The summed E-state index contributed by atoms with van der Waals surface area (Å²) in [5.41, 5.74) is 0. The highest BCUT2D eigenvalue weighted by molar-refractivity contribution is 4.58. The number of nitrogens with one attached hydrogen (secondary N) is 1. The molecule has 1 unspecified atom stereocenters. The highest BCUT2D eigenvalue weighted by atomic mass is 14.9. The van der Waals surface area contributed by atoms with E-state index in [1.165, 1.54) is 38.5 Å². The van der Waals surface area contributed by atoms with Gasteiger partial charge in [0.25, 0.3) is 0 Å². The van der Waals surface area contributed by atoms with Crippen molar-refractivity contribution in [3.05, 3.63) is 0 Å². The number of unbranched alkanes of at least 4 members (excludes halogenated alkanes) is 4. The van der Waals surface area contributed by atoms with E-state index in [0.29, 0.717) is 0 Å². The van der Waals surface area contributed by atoms with E-state index < -0.39 is 0 Å². The van der Waals surface area contributed by atoms with Crippen LogP contribution in [0.4, 0.5) is 0 Å². The first-order valence-corrected chi connectivity index (χ1v) is 5.54. The lowest BCUT2D eigenvalue weighted by atomic mass is 10.1. The maximum absolute atomic E-state index is 3.44. The van der Waals surface area contributed by atoms with E-state index in [2.05, 4.69) is 26.1 Å². The lowest BCUT2D eigenvalue weighted by molar-refractivity contribution is 0.491. The van der Waals surface area contributed by atoms with Crippen molar-refractivity contribution in [1.29, 1.82) is 0 Å². The van der Waals surface area contributed by atoms with Gasteiger partial charge in [-0.05, 0) is 19.9 Å². The van der Waals surface area contributed by atoms with E-state index in [-0.39, 0.29) is 0 Å². The third-order valence-corrected chi connectivity index (χ3v) is 2.29. The molecule has 0 aromatic carbocycles. The Morgan fingerprint density at radius 2 is 1.67 bits per heavy atom. The minimum Gasteiger partial charge on any atom is -0.315 e. The number of hydrogen-bond donors (Lipinski definition) is 1. The molecule has 0 amide bonds. The molecule has 1 N–H and O–H groups in total. The normalized spacial score (nSPS) is 13.2. The number of rotatable bonds is 8. The highest BCUT2D eigenvalue weighted by Crippen LogP contribution is 2.06. The van der Waals surface area contributed by atoms with Gasteiger partial charge >= 0.3 is 0 Å². The van der Waals surface area contributed by atoms with Crippen LogP contribution in [-0.4, -0.2) is 12.6 Å². The average Bonchev–Trinajstić information content (AvgIpc) is 2.05. The lowest BCUT2D eigenvalue weighted by Crippen LogP contribution is -2.25. The molecule has 0 aromatic rings. The van der Waals surface area contributed by atoms with Crippen molar-refractivity contribution in [2.75, 3.05) is 6.54 Å².